The second-order valence-electron chi connectivity index (χ2n) is 5.04. The molecule has 1 heterocycles. The Balaban J connectivity index is 1.85. The lowest BCUT2D eigenvalue weighted by atomic mass is 10.2. The molecule has 0 aliphatic carbocycles. The number of para-hydroxylation sites is 1. The van der Waals surface area contributed by atoms with Gasteiger partial charge in [-0.15, -0.1) is 11.8 Å². The van der Waals surface area contributed by atoms with Crippen LogP contribution in [0, 0.1) is 12.7 Å². The fraction of sp³-hybridized carbons (Fsp3) is 0.167. The summed E-state index contributed by atoms with van der Waals surface area (Å²) in [6.45, 7) is 1.99. The molecule has 22 heavy (non-hydrogen) atoms. The largest absolute Gasteiger partial charge is 0.494 e. The van der Waals surface area contributed by atoms with Crippen molar-refractivity contribution < 1.29 is 9.13 Å². The summed E-state index contributed by atoms with van der Waals surface area (Å²) < 4.78 is 18.7. The second kappa shape index (κ2) is 6.36. The summed E-state index contributed by atoms with van der Waals surface area (Å²) in [6, 6.07) is 15.3. The van der Waals surface area contributed by atoms with Crippen LogP contribution in [0.1, 0.15) is 11.3 Å². The topological polar surface area (TPSA) is 22.1 Å². The Morgan fingerprint density at radius 3 is 2.77 bits per heavy atom. The van der Waals surface area contributed by atoms with Crippen LogP contribution in [-0.2, 0) is 5.75 Å². The number of hydrogen-bond donors (Lipinski definition) is 0. The maximum Gasteiger partial charge on any atom is 0.165 e. The van der Waals surface area contributed by atoms with Crippen LogP contribution in [0.5, 0.6) is 5.75 Å². The number of hydrogen-bond acceptors (Lipinski definition) is 3. The fourth-order valence-corrected chi connectivity index (χ4v) is 3.27. The predicted octanol–water partition coefficient (Wildman–Crippen LogP) is 4.98. The van der Waals surface area contributed by atoms with Gasteiger partial charge < -0.3 is 4.74 Å². The Hall–Kier alpha value is -2.07. The van der Waals surface area contributed by atoms with Gasteiger partial charge in [0.1, 0.15) is 0 Å². The van der Waals surface area contributed by atoms with Crippen LogP contribution in [0.4, 0.5) is 4.39 Å². The third kappa shape index (κ3) is 3.07. The number of aromatic nitrogens is 1. The highest BCUT2D eigenvalue weighted by atomic mass is 32.2. The minimum atomic E-state index is -0.326. The van der Waals surface area contributed by atoms with E-state index in [-0.39, 0.29) is 11.6 Å². The Morgan fingerprint density at radius 1 is 1.14 bits per heavy atom. The summed E-state index contributed by atoms with van der Waals surface area (Å²) in [7, 11) is 1.47. The molecule has 3 rings (SSSR count). The van der Waals surface area contributed by atoms with E-state index in [4.69, 9.17) is 4.74 Å². The van der Waals surface area contributed by atoms with E-state index >= 15 is 0 Å². The zero-order valence-electron chi connectivity index (χ0n) is 12.5. The Bertz CT molecular complexity index is 819. The Labute approximate surface area is 133 Å². The molecule has 0 bridgehead atoms. The summed E-state index contributed by atoms with van der Waals surface area (Å²) in [5.74, 6) is 0.638. The molecule has 4 heteroatoms. The van der Waals surface area contributed by atoms with E-state index in [0.717, 1.165) is 27.1 Å². The van der Waals surface area contributed by atoms with Gasteiger partial charge in [-0.25, -0.2) is 4.39 Å². The average Bonchev–Trinajstić information content (AvgIpc) is 2.53. The van der Waals surface area contributed by atoms with E-state index in [9.17, 15) is 4.39 Å². The molecule has 0 amide bonds. The smallest absolute Gasteiger partial charge is 0.165 e. The molecular formula is C18H16FNOS. The Kier molecular flexibility index (Phi) is 4.29. The molecule has 0 saturated heterocycles. The highest BCUT2D eigenvalue weighted by Crippen LogP contribution is 2.30. The highest BCUT2D eigenvalue weighted by Gasteiger charge is 2.07. The highest BCUT2D eigenvalue weighted by molar-refractivity contribution is 7.98. The van der Waals surface area contributed by atoms with Gasteiger partial charge in [0.15, 0.2) is 11.6 Å². The lowest BCUT2D eigenvalue weighted by molar-refractivity contribution is 0.386. The Morgan fingerprint density at radius 2 is 2.00 bits per heavy atom. The molecule has 112 valence electrons. The minimum Gasteiger partial charge on any atom is -0.494 e. The number of nitrogens with zero attached hydrogens (tertiary/aromatic N) is 1. The van der Waals surface area contributed by atoms with Crippen molar-refractivity contribution in [2.75, 3.05) is 7.11 Å². The molecule has 2 aromatic carbocycles. The number of fused-ring (bicyclic) bond motifs is 1. The first-order chi connectivity index (χ1) is 10.7. The number of rotatable bonds is 4. The minimum absolute atomic E-state index is 0.274. The molecule has 0 unspecified atom stereocenters. The van der Waals surface area contributed by atoms with Gasteiger partial charge in [0.2, 0.25) is 0 Å². The van der Waals surface area contributed by atoms with Gasteiger partial charge in [-0.3, -0.25) is 4.98 Å². The van der Waals surface area contributed by atoms with Gasteiger partial charge in [0, 0.05) is 21.7 Å². The van der Waals surface area contributed by atoms with Crippen molar-refractivity contribution in [3.8, 4) is 5.75 Å². The van der Waals surface area contributed by atoms with Crippen molar-refractivity contribution in [2.45, 2.75) is 17.6 Å². The van der Waals surface area contributed by atoms with Crippen molar-refractivity contribution >= 4 is 22.7 Å². The maximum absolute atomic E-state index is 13.7. The molecule has 0 spiro atoms. The molecule has 0 radical (unpaired) electrons. The number of ether oxygens (including phenoxy) is 1. The maximum atomic E-state index is 13.7. The number of halogens is 1. The van der Waals surface area contributed by atoms with E-state index in [1.54, 1.807) is 17.8 Å². The SMILES string of the molecule is COc1ccc(CSc2cccc3ccc(C)nc23)cc1F. The van der Waals surface area contributed by atoms with Crippen molar-refractivity contribution in [1.82, 2.24) is 4.98 Å². The molecule has 0 aliphatic heterocycles. The van der Waals surface area contributed by atoms with Crippen LogP contribution in [0.3, 0.4) is 0 Å². The molecule has 3 aromatic rings. The molecule has 0 atom stereocenters. The number of thioether (sulfide) groups is 1. The zero-order chi connectivity index (χ0) is 15.5. The van der Waals surface area contributed by atoms with Crippen LogP contribution in [0.25, 0.3) is 10.9 Å². The van der Waals surface area contributed by atoms with Crippen molar-refractivity contribution in [3.63, 3.8) is 0 Å². The van der Waals surface area contributed by atoms with E-state index < -0.39 is 0 Å². The fourth-order valence-electron chi connectivity index (χ4n) is 2.29. The van der Waals surface area contributed by atoms with Crippen LogP contribution in [-0.4, -0.2) is 12.1 Å². The van der Waals surface area contributed by atoms with Crippen molar-refractivity contribution in [2.24, 2.45) is 0 Å². The summed E-state index contributed by atoms with van der Waals surface area (Å²) in [4.78, 5) is 5.73. The monoisotopic (exact) mass is 313 g/mol. The molecule has 0 fully saturated rings. The van der Waals surface area contributed by atoms with Crippen LogP contribution >= 0.6 is 11.8 Å². The van der Waals surface area contributed by atoms with Crippen molar-refractivity contribution in [3.05, 3.63) is 65.6 Å². The van der Waals surface area contributed by atoms with Gasteiger partial charge in [0.05, 0.1) is 12.6 Å². The quantitative estimate of drug-likeness (QED) is 0.634. The number of aryl methyl sites for hydroxylation is 1. The number of benzene rings is 2. The molecular weight excluding hydrogens is 297 g/mol. The third-order valence-electron chi connectivity index (χ3n) is 3.43. The standard InChI is InChI=1S/C18H16FNOS/c1-12-6-8-14-4-3-5-17(18(14)20-12)22-11-13-7-9-16(21-2)15(19)10-13/h3-10H,11H2,1-2H3. The van der Waals surface area contributed by atoms with Gasteiger partial charge in [-0.05, 0) is 36.8 Å². The van der Waals surface area contributed by atoms with E-state index in [1.807, 2.05) is 25.1 Å². The van der Waals surface area contributed by atoms with Crippen molar-refractivity contribution in [1.29, 1.82) is 0 Å². The first kappa shape index (κ1) is 14.9. The summed E-state index contributed by atoms with van der Waals surface area (Å²) in [6.07, 6.45) is 0. The van der Waals surface area contributed by atoms with Gasteiger partial charge in [-0.2, -0.15) is 0 Å². The predicted molar refractivity (Wildman–Crippen MR) is 89.0 cm³/mol. The lowest BCUT2D eigenvalue weighted by Gasteiger charge is -2.08. The summed E-state index contributed by atoms with van der Waals surface area (Å²) in [5, 5.41) is 1.12. The average molecular weight is 313 g/mol. The molecule has 0 saturated carbocycles. The van der Waals surface area contributed by atoms with Crippen LogP contribution in [0.15, 0.2) is 53.4 Å². The zero-order valence-corrected chi connectivity index (χ0v) is 13.3. The first-order valence-electron chi connectivity index (χ1n) is 6.99. The first-order valence-corrected chi connectivity index (χ1v) is 7.97. The summed E-state index contributed by atoms with van der Waals surface area (Å²) >= 11 is 1.66. The van der Waals surface area contributed by atoms with E-state index in [2.05, 4.69) is 23.2 Å². The summed E-state index contributed by atoms with van der Waals surface area (Å²) in [5.41, 5.74) is 2.92. The normalized spacial score (nSPS) is 10.9. The molecule has 0 N–H and O–H groups in total. The molecule has 0 aliphatic rings. The van der Waals surface area contributed by atoms with E-state index in [1.165, 1.54) is 13.2 Å². The van der Waals surface area contributed by atoms with Crippen LogP contribution in [0.2, 0.25) is 0 Å². The van der Waals surface area contributed by atoms with E-state index in [0.29, 0.717) is 5.75 Å². The number of methoxy groups -OCH3 is 1. The number of pyridine rings is 1. The second-order valence-corrected chi connectivity index (χ2v) is 6.06. The lowest BCUT2D eigenvalue weighted by Crippen LogP contribution is -1.90. The van der Waals surface area contributed by atoms with Gasteiger partial charge >= 0.3 is 0 Å². The molecule has 1 aromatic heterocycles. The third-order valence-corrected chi connectivity index (χ3v) is 4.55. The molecule has 2 nitrogen and oxygen atoms in total. The van der Waals surface area contributed by atoms with Gasteiger partial charge in [0.25, 0.3) is 0 Å². The van der Waals surface area contributed by atoms with Crippen LogP contribution < -0.4 is 4.74 Å². The van der Waals surface area contributed by atoms with Gasteiger partial charge in [-0.1, -0.05) is 24.3 Å².